The number of anilines is 1. The minimum absolute atomic E-state index is 0. The zero-order valence-corrected chi connectivity index (χ0v) is 22.2. The van der Waals surface area contributed by atoms with Gasteiger partial charge < -0.3 is 25.6 Å². The highest BCUT2D eigenvalue weighted by molar-refractivity contribution is 7.46. The second kappa shape index (κ2) is 12.4. The van der Waals surface area contributed by atoms with Crippen molar-refractivity contribution in [3.05, 3.63) is 41.3 Å². The molecular weight excluding hydrogens is 543 g/mol. The van der Waals surface area contributed by atoms with Crippen LogP contribution in [0.4, 0.5) is 10.2 Å². The molecule has 0 saturated carbocycles. The van der Waals surface area contributed by atoms with E-state index in [0.29, 0.717) is 15.6 Å². The molecule has 2 heterocycles. The van der Waals surface area contributed by atoms with Gasteiger partial charge in [-0.05, 0) is 39.0 Å². The van der Waals surface area contributed by atoms with Gasteiger partial charge in [-0.1, -0.05) is 22.9 Å². The van der Waals surface area contributed by atoms with Crippen LogP contribution in [0.5, 0.6) is 5.75 Å². The first kappa shape index (κ1) is 29.3. The van der Waals surface area contributed by atoms with Crippen molar-refractivity contribution in [3.63, 3.8) is 0 Å². The van der Waals surface area contributed by atoms with Crippen LogP contribution in [0.15, 0.2) is 30.5 Å². The number of phosphoric acid groups is 1. The number of nitrogens with zero attached hydrogens (tertiary/aromatic N) is 3. The first-order valence-electron chi connectivity index (χ1n) is 10.1. The number of ether oxygens (including phenoxy) is 1. The first-order valence-corrected chi connectivity index (χ1v) is 12.8. The number of hydrogen-bond donors (Lipinski definition) is 4. The van der Waals surface area contributed by atoms with Gasteiger partial charge in [0.1, 0.15) is 22.4 Å². The number of nitrogens with two attached hydrogens (primary N) is 1. The van der Waals surface area contributed by atoms with E-state index in [4.69, 9.17) is 31.9 Å². The fourth-order valence-electron chi connectivity index (χ4n) is 2.77. The van der Waals surface area contributed by atoms with Gasteiger partial charge >= 0.3 is 7.82 Å². The second-order valence-corrected chi connectivity index (χ2v) is 10.3. The smallest absolute Gasteiger partial charge is 0.469 e. The maximum absolute atomic E-state index is 14.7. The number of phosphoric ester groups is 1. The third kappa shape index (κ3) is 8.33. The topological polar surface area (TPSA) is 153 Å². The lowest BCUT2D eigenvalue weighted by molar-refractivity contribution is 0.106. The minimum atomic E-state index is -4.71. The Balaban J connectivity index is 0.00000432. The summed E-state index contributed by atoms with van der Waals surface area (Å²) in [6.45, 7) is 5.14. The third-order valence-electron chi connectivity index (χ3n) is 4.46. The summed E-state index contributed by atoms with van der Waals surface area (Å²) in [5.41, 5.74) is 6.89. The summed E-state index contributed by atoms with van der Waals surface area (Å²) in [5.74, 6) is -0.140. The Labute approximate surface area is 216 Å². The Morgan fingerprint density at radius 3 is 2.51 bits per heavy atom. The Hall–Kier alpha value is -1.89. The first-order chi connectivity index (χ1) is 15.9. The number of nitrogens with one attached hydrogen (secondary N) is 1. The predicted molar refractivity (Wildman–Crippen MR) is 136 cm³/mol. The molecule has 0 saturated heterocycles. The van der Waals surface area contributed by atoms with Crippen molar-refractivity contribution < 1.29 is 28.0 Å². The van der Waals surface area contributed by atoms with Crippen LogP contribution in [0.3, 0.4) is 0 Å². The van der Waals surface area contributed by atoms with Gasteiger partial charge in [-0.15, -0.1) is 22.6 Å². The van der Waals surface area contributed by atoms with Crippen LogP contribution in [0.2, 0.25) is 5.02 Å². The predicted octanol–water partition coefficient (Wildman–Crippen LogP) is 4.51. The van der Waals surface area contributed by atoms with Crippen LogP contribution in [0, 0.1) is 5.82 Å². The molecule has 35 heavy (non-hydrogen) atoms. The van der Waals surface area contributed by atoms with E-state index >= 15 is 0 Å². The van der Waals surface area contributed by atoms with Crippen LogP contribution < -0.4 is 15.8 Å². The second-order valence-electron chi connectivity index (χ2n) is 7.68. The summed E-state index contributed by atoms with van der Waals surface area (Å²) < 4.78 is 35.5. The van der Waals surface area contributed by atoms with Crippen molar-refractivity contribution in [1.29, 1.82) is 0 Å². The summed E-state index contributed by atoms with van der Waals surface area (Å²) >= 11 is 7.57. The maximum Gasteiger partial charge on any atom is 0.469 e. The highest BCUT2D eigenvalue weighted by atomic mass is 35.5. The van der Waals surface area contributed by atoms with Gasteiger partial charge in [0.05, 0.1) is 17.2 Å². The molecule has 0 spiro atoms. The molecule has 2 unspecified atom stereocenters. The van der Waals surface area contributed by atoms with E-state index in [-0.39, 0.29) is 35.8 Å². The molecule has 2 atom stereocenters. The average Bonchev–Trinajstić information content (AvgIpc) is 3.22. The Morgan fingerprint density at radius 1 is 1.23 bits per heavy atom. The summed E-state index contributed by atoms with van der Waals surface area (Å²) in [6.07, 6.45) is 0.650. The van der Waals surface area contributed by atoms with Crippen LogP contribution in [-0.2, 0) is 9.09 Å². The zero-order chi connectivity index (χ0) is 25.0. The third-order valence-corrected chi connectivity index (χ3v) is 6.39. The van der Waals surface area contributed by atoms with Crippen molar-refractivity contribution in [2.24, 2.45) is 5.73 Å². The molecule has 0 aliphatic rings. The standard InChI is InChI=1S/C20H24ClFN5O5PS.ClH/c1-10(2)25-18-5-4-12(8-24-18)19-26-27-20(34-19)13-6-15(22)17(7-14(13)21)31-9-16(23)11(3)32-33(28,29)30;/h4-8,10-11,16H,9,23H2,1-3H3,(H,24,25)(H2,28,29,30);1H. The van der Waals surface area contributed by atoms with E-state index in [1.165, 1.54) is 30.4 Å². The molecule has 1 aromatic carbocycles. The summed E-state index contributed by atoms with van der Waals surface area (Å²) in [6, 6.07) is 5.49. The van der Waals surface area contributed by atoms with Crippen molar-refractivity contribution in [2.75, 3.05) is 11.9 Å². The normalized spacial score (nSPS) is 13.3. The fraction of sp³-hybridized carbons (Fsp3) is 0.350. The summed E-state index contributed by atoms with van der Waals surface area (Å²) in [5, 5.41) is 12.7. The number of halogens is 3. The van der Waals surface area contributed by atoms with Gasteiger partial charge in [-0.25, -0.2) is 13.9 Å². The van der Waals surface area contributed by atoms with Crippen LogP contribution in [0.1, 0.15) is 20.8 Å². The van der Waals surface area contributed by atoms with Gasteiger partial charge in [0.2, 0.25) is 0 Å². The van der Waals surface area contributed by atoms with Gasteiger partial charge in [0.15, 0.2) is 11.6 Å². The molecule has 192 valence electrons. The SMILES string of the molecule is CC(C)Nc1ccc(-c2nnc(-c3cc(F)c(OCC(N)C(C)OP(=O)(O)O)cc3Cl)s2)cn1.Cl. The van der Waals surface area contributed by atoms with E-state index in [9.17, 15) is 8.96 Å². The highest BCUT2D eigenvalue weighted by Crippen LogP contribution is 2.39. The maximum atomic E-state index is 14.7. The quantitative estimate of drug-likeness (QED) is 0.257. The van der Waals surface area contributed by atoms with E-state index in [1.807, 2.05) is 26.0 Å². The Bertz CT molecular complexity index is 1180. The lowest BCUT2D eigenvalue weighted by Gasteiger charge is -2.21. The number of rotatable bonds is 10. The number of aromatic nitrogens is 3. The van der Waals surface area contributed by atoms with Gasteiger partial charge in [0.25, 0.3) is 0 Å². The van der Waals surface area contributed by atoms with Crippen molar-refractivity contribution in [1.82, 2.24) is 15.2 Å². The van der Waals surface area contributed by atoms with Gasteiger partial charge in [-0.3, -0.25) is 4.52 Å². The van der Waals surface area contributed by atoms with Gasteiger partial charge in [0, 0.05) is 29.4 Å². The zero-order valence-electron chi connectivity index (χ0n) is 18.9. The van der Waals surface area contributed by atoms with Crippen molar-refractivity contribution in [3.8, 4) is 26.9 Å². The lowest BCUT2D eigenvalue weighted by Crippen LogP contribution is -2.39. The molecule has 2 aromatic heterocycles. The Morgan fingerprint density at radius 2 is 1.91 bits per heavy atom. The molecular formula is C20H25Cl2FN5O5PS. The summed E-state index contributed by atoms with van der Waals surface area (Å²) in [4.78, 5) is 22.1. The average molecular weight is 568 g/mol. The fourth-order valence-corrected chi connectivity index (χ4v) is 4.52. The molecule has 0 amide bonds. The molecule has 0 aliphatic heterocycles. The lowest BCUT2D eigenvalue weighted by atomic mass is 10.2. The molecule has 3 rings (SSSR count). The van der Waals surface area contributed by atoms with Crippen LogP contribution in [0.25, 0.3) is 21.1 Å². The van der Waals surface area contributed by atoms with E-state index in [1.54, 1.807) is 6.20 Å². The van der Waals surface area contributed by atoms with E-state index < -0.39 is 25.8 Å². The van der Waals surface area contributed by atoms with E-state index in [2.05, 4.69) is 25.0 Å². The molecule has 3 aromatic rings. The van der Waals surface area contributed by atoms with Crippen LogP contribution in [-0.4, -0.2) is 49.8 Å². The molecule has 0 aliphatic carbocycles. The van der Waals surface area contributed by atoms with Gasteiger partial charge in [-0.2, -0.15) is 0 Å². The van der Waals surface area contributed by atoms with Crippen LogP contribution >= 0.6 is 43.2 Å². The van der Waals surface area contributed by atoms with Crippen molar-refractivity contribution >= 4 is 49.0 Å². The highest BCUT2D eigenvalue weighted by Gasteiger charge is 2.25. The molecule has 15 heteroatoms. The molecule has 0 fully saturated rings. The largest absolute Gasteiger partial charge is 0.489 e. The summed E-state index contributed by atoms with van der Waals surface area (Å²) in [7, 11) is -4.71. The number of benzene rings is 1. The number of hydrogen-bond acceptors (Lipinski definition) is 9. The van der Waals surface area contributed by atoms with Crippen molar-refractivity contribution in [2.45, 2.75) is 39.0 Å². The number of pyridine rings is 1. The molecule has 10 nitrogen and oxygen atoms in total. The van der Waals surface area contributed by atoms with E-state index in [0.717, 1.165) is 11.4 Å². The molecule has 0 radical (unpaired) electrons. The molecule has 5 N–H and O–H groups in total. The monoisotopic (exact) mass is 567 g/mol. The minimum Gasteiger partial charge on any atom is -0.489 e. The Kier molecular flexibility index (Phi) is 10.4. The molecule has 0 bridgehead atoms.